The second kappa shape index (κ2) is 7.89. The minimum atomic E-state index is -4.06. The minimum absolute atomic E-state index is 0.00602. The monoisotopic (exact) mass is 397 g/mol. The minimum Gasteiger partial charge on any atom is -0.506 e. The van der Waals surface area contributed by atoms with Crippen molar-refractivity contribution in [2.24, 2.45) is 4.40 Å². The normalized spacial score (nSPS) is 11.8. The van der Waals surface area contributed by atoms with Gasteiger partial charge in [-0.1, -0.05) is 48.5 Å². The number of phenolic OH excluding ortho intramolecular Hbond substituents is 1. The number of nitrogens with zero attached hydrogens (tertiary/aromatic N) is 2. The van der Waals surface area contributed by atoms with Gasteiger partial charge in [-0.2, -0.15) is 8.42 Å². The lowest BCUT2D eigenvalue weighted by atomic mass is 10.2. The Labute approximate surface area is 161 Å². The van der Waals surface area contributed by atoms with E-state index in [1.165, 1.54) is 12.1 Å². The van der Waals surface area contributed by atoms with Gasteiger partial charge in [-0.25, -0.2) is 0 Å². The SMILES string of the molecule is O=[N+]([O-])c1ccc(O)c(NC(=NS(=O)(=O)c2ccccc2)c2ccccc2)c1. The third-order valence-electron chi connectivity index (χ3n) is 3.74. The Morgan fingerprint density at radius 3 is 2.18 bits per heavy atom. The zero-order valence-electron chi connectivity index (χ0n) is 14.4. The van der Waals surface area contributed by atoms with Gasteiger partial charge in [0.2, 0.25) is 0 Å². The summed E-state index contributed by atoms with van der Waals surface area (Å²) in [4.78, 5) is 10.4. The third kappa shape index (κ3) is 4.33. The molecule has 8 nitrogen and oxygen atoms in total. The lowest BCUT2D eigenvalue weighted by molar-refractivity contribution is -0.384. The predicted octanol–water partition coefficient (Wildman–Crippen LogP) is 3.55. The maximum atomic E-state index is 12.7. The van der Waals surface area contributed by atoms with E-state index in [9.17, 15) is 23.6 Å². The summed E-state index contributed by atoms with van der Waals surface area (Å²) in [5.41, 5.74) is 0.117. The molecule has 0 heterocycles. The number of nitrogens with one attached hydrogen (secondary N) is 1. The number of amidine groups is 1. The largest absolute Gasteiger partial charge is 0.506 e. The number of anilines is 1. The predicted molar refractivity (Wildman–Crippen MR) is 105 cm³/mol. The highest BCUT2D eigenvalue weighted by molar-refractivity contribution is 7.90. The van der Waals surface area contributed by atoms with Crippen LogP contribution in [0.25, 0.3) is 0 Å². The molecule has 0 aromatic heterocycles. The Morgan fingerprint density at radius 1 is 0.964 bits per heavy atom. The molecule has 0 saturated carbocycles. The molecule has 0 bridgehead atoms. The van der Waals surface area contributed by atoms with Crippen LogP contribution in [0.1, 0.15) is 5.56 Å². The number of rotatable bonds is 5. The van der Waals surface area contributed by atoms with Gasteiger partial charge in [0.15, 0.2) is 5.84 Å². The maximum absolute atomic E-state index is 12.7. The highest BCUT2D eigenvalue weighted by Gasteiger charge is 2.18. The number of hydrogen-bond donors (Lipinski definition) is 2. The van der Waals surface area contributed by atoms with Crippen LogP contribution in [-0.2, 0) is 10.0 Å². The number of non-ortho nitro benzene ring substituents is 1. The van der Waals surface area contributed by atoms with Crippen LogP contribution in [-0.4, -0.2) is 24.3 Å². The summed E-state index contributed by atoms with van der Waals surface area (Å²) >= 11 is 0. The van der Waals surface area contributed by atoms with Gasteiger partial charge < -0.3 is 10.4 Å². The standard InChI is InChI=1S/C19H15N3O5S/c23-18-12-11-15(22(24)25)13-17(18)20-19(14-7-3-1-4-8-14)21-28(26,27)16-9-5-2-6-10-16/h1-13,23H,(H,20,21). The summed E-state index contributed by atoms with van der Waals surface area (Å²) in [6, 6.07) is 19.4. The summed E-state index contributed by atoms with van der Waals surface area (Å²) in [5, 5.41) is 23.7. The van der Waals surface area contributed by atoms with Gasteiger partial charge in [-0.05, 0) is 18.2 Å². The first-order chi connectivity index (χ1) is 13.4. The molecule has 0 radical (unpaired) electrons. The Kier molecular flexibility index (Phi) is 5.37. The lowest BCUT2D eigenvalue weighted by Crippen LogP contribution is -2.16. The van der Waals surface area contributed by atoms with E-state index in [0.717, 1.165) is 18.2 Å². The average Bonchev–Trinajstić information content (AvgIpc) is 2.70. The van der Waals surface area contributed by atoms with Crippen LogP contribution in [0.5, 0.6) is 5.75 Å². The summed E-state index contributed by atoms with van der Waals surface area (Å²) in [7, 11) is -4.06. The first-order valence-corrected chi connectivity index (χ1v) is 9.51. The highest BCUT2D eigenvalue weighted by Crippen LogP contribution is 2.28. The van der Waals surface area contributed by atoms with E-state index in [1.807, 2.05) is 0 Å². The molecule has 0 saturated heterocycles. The van der Waals surface area contributed by atoms with E-state index in [4.69, 9.17) is 0 Å². The Hall–Kier alpha value is -3.72. The van der Waals surface area contributed by atoms with E-state index < -0.39 is 14.9 Å². The molecule has 0 aliphatic carbocycles. The number of phenols is 1. The summed E-state index contributed by atoms with van der Waals surface area (Å²) in [5.74, 6) is -0.369. The molecule has 3 aromatic rings. The highest BCUT2D eigenvalue weighted by atomic mass is 32.2. The van der Waals surface area contributed by atoms with Crippen molar-refractivity contribution in [2.45, 2.75) is 4.90 Å². The van der Waals surface area contributed by atoms with Crippen LogP contribution in [0.4, 0.5) is 11.4 Å². The fraction of sp³-hybridized carbons (Fsp3) is 0. The maximum Gasteiger partial charge on any atom is 0.284 e. The van der Waals surface area contributed by atoms with Gasteiger partial charge in [-0.15, -0.1) is 4.40 Å². The fourth-order valence-corrected chi connectivity index (χ4v) is 3.37. The van der Waals surface area contributed by atoms with E-state index in [0.29, 0.717) is 5.56 Å². The second-order valence-corrected chi connectivity index (χ2v) is 7.28. The quantitative estimate of drug-likeness (QED) is 0.223. The Bertz CT molecular complexity index is 1130. The molecule has 0 spiro atoms. The van der Waals surface area contributed by atoms with Crippen LogP contribution >= 0.6 is 0 Å². The molecule has 0 aliphatic heterocycles. The van der Waals surface area contributed by atoms with Crippen LogP contribution in [0.2, 0.25) is 0 Å². The molecule has 0 aliphatic rings. The number of benzene rings is 3. The zero-order valence-corrected chi connectivity index (χ0v) is 15.2. The zero-order chi connectivity index (χ0) is 20.1. The molecular weight excluding hydrogens is 382 g/mol. The molecule has 0 fully saturated rings. The first-order valence-electron chi connectivity index (χ1n) is 8.07. The van der Waals surface area contributed by atoms with Crippen molar-refractivity contribution >= 4 is 27.2 Å². The number of nitro groups is 1. The molecule has 0 amide bonds. The van der Waals surface area contributed by atoms with Crippen molar-refractivity contribution < 1.29 is 18.4 Å². The molecule has 0 unspecified atom stereocenters. The average molecular weight is 397 g/mol. The van der Waals surface area contributed by atoms with Gasteiger partial charge in [0.1, 0.15) is 5.75 Å². The van der Waals surface area contributed by atoms with E-state index in [2.05, 4.69) is 9.71 Å². The molecule has 3 rings (SSSR count). The number of sulfonamides is 1. The number of nitro benzene ring substituents is 1. The Balaban J connectivity index is 2.10. The molecular formula is C19H15N3O5S. The smallest absolute Gasteiger partial charge is 0.284 e. The van der Waals surface area contributed by atoms with Crippen molar-refractivity contribution in [3.63, 3.8) is 0 Å². The van der Waals surface area contributed by atoms with Gasteiger partial charge >= 0.3 is 0 Å². The van der Waals surface area contributed by atoms with Crippen molar-refractivity contribution in [3.05, 3.63) is 94.5 Å². The van der Waals surface area contributed by atoms with Crippen molar-refractivity contribution in [1.29, 1.82) is 0 Å². The molecule has 3 aromatic carbocycles. The van der Waals surface area contributed by atoms with E-state index in [-0.39, 0.29) is 27.9 Å². The molecule has 2 N–H and O–H groups in total. The Morgan fingerprint density at radius 2 is 1.57 bits per heavy atom. The summed E-state index contributed by atoms with van der Waals surface area (Å²) in [6.07, 6.45) is 0. The molecule has 0 atom stereocenters. The van der Waals surface area contributed by atoms with Crippen LogP contribution in [0.3, 0.4) is 0 Å². The number of hydrogen-bond acceptors (Lipinski definition) is 5. The lowest BCUT2D eigenvalue weighted by Gasteiger charge is -2.12. The van der Waals surface area contributed by atoms with Gasteiger partial charge in [-0.3, -0.25) is 10.1 Å². The summed E-state index contributed by atoms with van der Waals surface area (Å²) in [6.45, 7) is 0. The first kappa shape index (κ1) is 19.1. The van der Waals surface area contributed by atoms with Gasteiger partial charge in [0, 0.05) is 17.7 Å². The van der Waals surface area contributed by atoms with Gasteiger partial charge in [0.05, 0.1) is 15.5 Å². The van der Waals surface area contributed by atoms with Crippen molar-refractivity contribution in [2.75, 3.05) is 5.32 Å². The van der Waals surface area contributed by atoms with Crippen molar-refractivity contribution in [1.82, 2.24) is 0 Å². The topological polar surface area (TPSA) is 122 Å². The van der Waals surface area contributed by atoms with E-state index >= 15 is 0 Å². The molecule has 28 heavy (non-hydrogen) atoms. The number of aromatic hydroxyl groups is 1. The van der Waals surface area contributed by atoms with Crippen LogP contribution in [0.15, 0.2) is 88.2 Å². The fourth-order valence-electron chi connectivity index (χ4n) is 2.37. The van der Waals surface area contributed by atoms with Crippen LogP contribution < -0.4 is 5.32 Å². The van der Waals surface area contributed by atoms with Crippen molar-refractivity contribution in [3.8, 4) is 5.75 Å². The second-order valence-electron chi connectivity index (χ2n) is 5.68. The molecule has 142 valence electrons. The molecule has 9 heteroatoms. The van der Waals surface area contributed by atoms with Gasteiger partial charge in [0.25, 0.3) is 15.7 Å². The summed E-state index contributed by atoms with van der Waals surface area (Å²) < 4.78 is 29.2. The van der Waals surface area contributed by atoms with Crippen LogP contribution in [0, 0.1) is 10.1 Å². The third-order valence-corrected chi connectivity index (χ3v) is 5.03. The van der Waals surface area contributed by atoms with E-state index in [1.54, 1.807) is 48.5 Å².